The molecule has 4 rings (SSSR count). The van der Waals surface area contributed by atoms with Crippen LogP contribution in [0.3, 0.4) is 0 Å². The summed E-state index contributed by atoms with van der Waals surface area (Å²) >= 11 is 0. The molecule has 0 bridgehead atoms. The predicted molar refractivity (Wildman–Crippen MR) is 48.4 cm³/mol. The van der Waals surface area contributed by atoms with Crippen LogP contribution in [0.1, 0.15) is 12.8 Å². The van der Waals surface area contributed by atoms with Gasteiger partial charge in [-0.1, -0.05) is 0 Å². The van der Waals surface area contributed by atoms with E-state index < -0.39 is 36.3 Å². The van der Waals surface area contributed by atoms with Gasteiger partial charge in [0, 0.05) is 6.42 Å². The van der Waals surface area contributed by atoms with Crippen LogP contribution in [-0.2, 0) is 28.8 Å². The minimum Gasteiger partial charge on any atom is -0.384 e. The SMILES string of the molecule is O=C1[C@H]2O[C@H]2C(O)(CCC2OCOO2)[C@H]2O[C@@H]12. The summed E-state index contributed by atoms with van der Waals surface area (Å²) in [6.45, 7) is 0.104. The van der Waals surface area contributed by atoms with Crippen molar-refractivity contribution in [3.05, 3.63) is 0 Å². The van der Waals surface area contributed by atoms with Gasteiger partial charge in [0.05, 0.1) is 0 Å². The van der Waals surface area contributed by atoms with Crippen molar-refractivity contribution in [2.75, 3.05) is 6.79 Å². The Hall–Kier alpha value is -0.570. The molecule has 1 saturated carbocycles. The molecule has 3 saturated heterocycles. The largest absolute Gasteiger partial charge is 0.384 e. The number of carbonyl (C=O) groups excluding carboxylic acids is 1. The zero-order valence-corrected chi connectivity index (χ0v) is 8.90. The predicted octanol–water partition coefficient (Wildman–Crippen LogP) is -1.12. The third kappa shape index (κ3) is 1.41. The molecule has 4 aliphatic rings. The molecule has 94 valence electrons. The molecule has 0 amide bonds. The van der Waals surface area contributed by atoms with E-state index in [4.69, 9.17) is 19.1 Å². The van der Waals surface area contributed by atoms with E-state index in [1.54, 1.807) is 0 Å². The molecule has 0 aromatic carbocycles. The van der Waals surface area contributed by atoms with Crippen LogP contribution in [0.15, 0.2) is 0 Å². The summed E-state index contributed by atoms with van der Waals surface area (Å²) in [5.41, 5.74) is -1.10. The molecule has 1 aliphatic carbocycles. The summed E-state index contributed by atoms with van der Waals surface area (Å²) in [6, 6.07) is 0. The van der Waals surface area contributed by atoms with Crippen molar-refractivity contribution in [3.63, 3.8) is 0 Å². The number of hydrogen-bond donors (Lipinski definition) is 1. The quantitative estimate of drug-likeness (QED) is 0.496. The second kappa shape index (κ2) is 3.25. The molecule has 3 heterocycles. The fraction of sp³-hybridized carbons (Fsp3) is 0.900. The van der Waals surface area contributed by atoms with Crippen molar-refractivity contribution in [2.24, 2.45) is 0 Å². The average molecular weight is 244 g/mol. The fourth-order valence-corrected chi connectivity index (χ4v) is 2.74. The summed E-state index contributed by atoms with van der Waals surface area (Å²) in [6.07, 6.45) is -1.41. The van der Waals surface area contributed by atoms with Crippen LogP contribution in [0, 0.1) is 0 Å². The summed E-state index contributed by atoms with van der Waals surface area (Å²) in [5.74, 6) is -0.0404. The number of rotatable bonds is 3. The third-order valence-corrected chi connectivity index (χ3v) is 3.79. The first-order valence-electron chi connectivity index (χ1n) is 5.67. The van der Waals surface area contributed by atoms with Gasteiger partial charge in [-0.05, 0) is 6.42 Å². The van der Waals surface area contributed by atoms with Crippen LogP contribution in [0.25, 0.3) is 0 Å². The van der Waals surface area contributed by atoms with E-state index in [9.17, 15) is 9.90 Å². The van der Waals surface area contributed by atoms with Gasteiger partial charge in [0.15, 0.2) is 18.9 Å². The van der Waals surface area contributed by atoms with E-state index in [-0.39, 0.29) is 12.6 Å². The lowest BCUT2D eigenvalue weighted by molar-refractivity contribution is -0.279. The molecule has 0 aromatic heterocycles. The smallest absolute Gasteiger partial charge is 0.195 e. The van der Waals surface area contributed by atoms with E-state index in [1.807, 2.05) is 0 Å². The lowest BCUT2D eigenvalue weighted by Crippen LogP contribution is -2.49. The lowest BCUT2D eigenvalue weighted by Gasteiger charge is -2.26. The Morgan fingerprint density at radius 1 is 1.29 bits per heavy atom. The van der Waals surface area contributed by atoms with Crippen LogP contribution in [-0.4, -0.2) is 54.0 Å². The van der Waals surface area contributed by atoms with Crippen molar-refractivity contribution >= 4 is 5.78 Å². The number of aliphatic hydroxyl groups is 1. The molecular weight excluding hydrogens is 232 g/mol. The number of epoxide rings is 2. The highest BCUT2D eigenvalue weighted by Gasteiger charge is 2.75. The van der Waals surface area contributed by atoms with Crippen LogP contribution in [0.4, 0.5) is 0 Å². The highest BCUT2D eigenvalue weighted by molar-refractivity contribution is 5.94. The minimum atomic E-state index is -1.10. The van der Waals surface area contributed by atoms with Gasteiger partial charge in [0.25, 0.3) is 0 Å². The monoisotopic (exact) mass is 244 g/mol. The number of carbonyl (C=O) groups is 1. The minimum absolute atomic E-state index is 0.0404. The van der Waals surface area contributed by atoms with Gasteiger partial charge in [0.2, 0.25) is 0 Å². The molecule has 6 atom stereocenters. The maximum absolute atomic E-state index is 11.5. The second-order valence-corrected chi connectivity index (χ2v) is 4.81. The molecular formula is C10H12O7. The maximum atomic E-state index is 11.5. The molecule has 3 aliphatic heterocycles. The van der Waals surface area contributed by atoms with E-state index in [1.165, 1.54) is 0 Å². The first-order valence-corrected chi connectivity index (χ1v) is 5.67. The van der Waals surface area contributed by atoms with Crippen molar-refractivity contribution in [2.45, 2.75) is 49.1 Å². The van der Waals surface area contributed by atoms with E-state index in [0.29, 0.717) is 12.8 Å². The number of ether oxygens (including phenoxy) is 3. The van der Waals surface area contributed by atoms with Gasteiger partial charge in [-0.3, -0.25) is 4.79 Å². The molecule has 0 radical (unpaired) electrons. The molecule has 2 unspecified atom stereocenters. The zero-order chi connectivity index (χ0) is 11.6. The summed E-state index contributed by atoms with van der Waals surface area (Å²) < 4.78 is 15.6. The standard InChI is InChI=1S/C10H12O7/c11-5-6-8(15-6)10(12,9-7(5)16-9)2-1-4-13-3-14-17-4/h4,6-9,12H,1-3H2/t4?,6-,7+,8-,9+,10?. The molecule has 17 heavy (non-hydrogen) atoms. The molecule has 4 fully saturated rings. The van der Waals surface area contributed by atoms with Gasteiger partial charge in [-0.15, -0.1) is 0 Å². The highest BCUT2D eigenvalue weighted by Crippen LogP contribution is 2.52. The van der Waals surface area contributed by atoms with Crippen LogP contribution < -0.4 is 0 Å². The Morgan fingerprint density at radius 2 is 2.00 bits per heavy atom. The molecule has 0 aromatic rings. The van der Waals surface area contributed by atoms with Crippen LogP contribution in [0.2, 0.25) is 0 Å². The Labute approximate surface area is 96.5 Å². The second-order valence-electron chi connectivity index (χ2n) is 4.81. The lowest BCUT2D eigenvalue weighted by atomic mass is 9.81. The average Bonchev–Trinajstić information content (AvgIpc) is 3.21. The summed E-state index contributed by atoms with van der Waals surface area (Å²) in [7, 11) is 0. The first-order chi connectivity index (χ1) is 8.20. The van der Waals surface area contributed by atoms with E-state index in [0.717, 1.165) is 0 Å². The Kier molecular flexibility index (Phi) is 1.98. The van der Waals surface area contributed by atoms with Crippen LogP contribution >= 0.6 is 0 Å². The number of Topliss-reactive ketones (excluding diaryl/α,β-unsaturated/α-hetero) is 1. The maximum Gasteiger partial charge on any atom is 0.195 e. The molecule has 0 spiro atoms. The summed E-state index contributed by atoms with van der Waals surface area (Å²) in [5, 5.41) is 10.5. The zero-order valence-electron chi connectivity index (χ0n) is 8.90. The third-order valence-electron chi connectivity index (χ3n) is 3.79. The van der Waals surface area contributed by atoms with Gasteiger partial charge >= 0.3 is 0 Å². The molecule has 7 nitrogen and oxygen atoms in total. The summed E-state index contributed by atoms with van der Waals surface area (Å²) in [4.78, 5) is 21.0. The van der Waals surface area contributed by atoms with Gasteiger partial charge < -0.3 is 19.3 Å². The Balaban J connectivity index is 1.44. The van der Waals surface area contributed by atoms with Crippen molar-refractivity contribution in [1.29, 1.82) is 0 Å². The molecule has 7 heteroatoms. The normalized spacial score (nSPS) is 55.4. The van der Waals surface area contributed by atoms with Crippen LogP contribution in [0.5, 0.6) is 0 Å². The van der Waals surface area contributed by atoms with E-state index >= 15 is 0 Å². The fourth-order valence-electron chi connectivity index (χ4n) is 2.74. The van der Waals surface area contributed by atoms with Gasteiger partial charge in [-0.2, -0.15) is 0 Å². The first kappa shape index (κ1) is 10.4. The van der Waals surface area contributed by atoms with Crippen molar-refractivity contribution in [3.8, 4) is 0 Å². The van der Waals surface area contributed by atoms with Gasteiger partial charge in [0.1, 0.15) is 30.0 Å². The number of ketones is 1. The Bertz CT molecular complexity index is 344. The number of fused-ring (bicyclic) bond motifs is 2. The van der Waals surface area contributed by atoms with Crippen molar-refractivity contribution in [1.82, 2.24) is 0 Å². The number of hydrogen-bond acceptors (Lipinski definition) is 7. The highest BCUT2D eigenvalue weighted by atomic mass is 17.3. The Morgan fingerprint density at radius 3 is 2.59 bits per heavy atom. The topological polar surface area (TPSA) is 90.1 Å². The van der Waals surface area contributed by atoms with Crippen molar-refractivity contribution < 1.29 is 33.9 Å². The van der Waals surface area contributed by atoms with E-state index in [2.05, 4.69) is 4.89 Å². The van der Waals surface area contributed by atoms with Gasteiger partial charge in [-0.25, -0.2) is 9.78 Å². The molecule has 1 N–H and O–H groups in total.